The molecular weight excluding hydrogens is 190 g/mol. The largest absolute Gasteiger partial charge is 0.478 e. The number of nitrogens with one attached hydrogen (secondary N) is 1. The lowest BCUT2D eigenvalue weighted by Gasteiger charge is -2.28. The summed E-state index contributed by atoms with van der Waals surface area (Å²) < 4.78 is 4.79. The Balaban J connectivity index is 4.37. The minimum atomic E-state index is -1.25. The van der Waals surface area contributed by atoms with Gasteiger partial charge in [0.15, 0.2) is 5.90 Å². The van der Waals surface area contributed by atoms with Crippen LogP contribution in [0.1, 0.15) is 6.42 Å². The molecule has 0 aromatic rings. The fourth-order valence-corrected chi connectivity index (χ4v) is 0.980. The van der Waals surface area contributed by atoms with Crippen molar-refractivity contribution in [2.75, 3.05) is 33.0 Å². The van der Waals surface area contributed by atoms with Gasteiger partial charge in [-0.25, -0.2) is 0 Å². The molecule has 0 saturated carbocycles. The van der Waals surface area contributed by atoms with E-state index in [0.29, 0.717) is 0 Å². The van der Waals surface area contributed by atoms with Crippen LogP contribution in [0.25, 0.3) is 0 Å². The van der Waals surface area contributed by atoms with Crippen LogP contribution < -0.4 is 0 Å². The quantitative estimate of drug-likeness (QED) is 0.253. The van der Waals surface area contributed by atoms with E-state index in [2.05, 4.69) is 0 Å². The third-order valence-electron chi connectivity index (χ3n) is 2.02. The third kappa shape index (κ3) is 3.22. The molecule has 0 spiro atoms. The maximum Gasteiger partial charge on any atom is 0.191 e. The molecule has 0 heterocycles. The minimum absolute atomic E-state index is 0.0459. The SMILES string of the molecule is N=C(OCCO)C(CO)(CO)CCO. The molecule has 5 N–H and O–H groups in total. The first kappa shape index (κ1) is 13.3. The van der Waals surface area contributed by atoms with Crippen molar-refractivity contribution in [2.24, 2.45) is 5.41 Å². The molecular formula is C8H17NO5. The Labute approximate surface area is 82.3 Å². The zero-order valence-electron chi connectivity index (χ0n) is 7.94. The van der Waals surface area contributed by atoms with Crippen LogP contribution in [-0.2, 0) is 4.74 Å². The second kappa shape index (κ2) is 6.72. The van der Waals surface area contributed by atoms with Crippen molar-refractivity contribution in [2.45, 2.75) is 6.42 Å². The molecule has 0 atom stereocenters. The van der Waals surface area contributed by atoms with Crippen LogP contribution in [0.2, 0.25) is 0 Å². The maximum absolute atomic E-state index is 9.02. The molecule has 0 aromatic heterocycles. The number of hydrogen-bond acceptors (Lipinski definition) is 6. The van der Waals surface area contributed by atoms with E-state index in [1.807, 2.05) is 0 Å². The van der Waals surface area contributed by atoms with Gasteiger partial charge in [0, 0.05) is 6.61 Å². The lowest BCUT2D eigenvalue weighted by atomic mass is 9.86. The molecule has 0 amide bonds. The van der Waals surface area contributed by atoms with Crippen molar-refractivity contribution in [1.82, 2.24) is 0 Å². The lowest BCUT2D eigenvalue weighted by molar-refractivity contribution is 0.0571. The Hall–Kier alpha value is -0.690. The van der Waals surface area contributed by atoms with Crippen molar-refractivity contribution >= 4 is 5.90 Å². The fourth-order valence-electron chi connectivity index (χ4n) is 0.980. The normalized spacial score (nSPS) is 11.4. The summed E-state index contributed by atoms with van der Waals surface area (Å²) in [7, 11) is 0. The molecule has 0 rings (SSSR count). The van der Waals surface area contributed by atoms with Gasteiger partial charge in [-0.3, -0.25) is 5.41 Å². The van der Waals surface area contributed by atoms with Crippen molar-refractivity contribution < 1.29 is 25.2 Å². The number of aliphatic hydroxyl groups is 4. The van der Waals surface area contributed by atoms with Gasteiger partial charge in [-0.2, -0.15) is 0 Å². The summed E-state index contributed by atoms with van der Waals surface area (Å²) in [5.41, 5.74) is -1.25. The standard InChI is InChI=1S/C8H17NO5/c9-7(14-4-3-11)8(5-12,6-13)1-2-10/h9-13H,1-6H2. The van der Waals surface area contributed by atoms with E-state index in [9.17, 15) is 0 Å². The Morgan fingerprint density at radius 1 is 1.07 bits per heavy atom. The van der Waals surface area contributed by atoms with Crippen LogP contribution in [0, 0.1) is 10.8 Å². The second-order valence-electron chi connectivity index (χ2n) is 2.97. The predicted molar refractivity (Wildman–Crippen MR) is 49.1 cm³/mol. The molecule has 0 radical (unpaired) electrons. The topological polar surface area (TPSA) is 114 Å². The second-order valence-corrected chi connectivity index (χ2v) is 2.97. The lowest BCUT2D eigenvalue weighted by Crippen LogP contribution is -2.40. The molecule has 0 aliphatic rings. The summed E-state index contributed by atoms with van der Waals surface area (Å²) in [6.07, 6.45) is 0.0459. The zero-order chi connectivity index (χ0) is 11.0. The number of hydrogen-bond donors (Lipinski definition) is 5. The van der Waals surface area contributed by atoms with Crippen LogP contribution >= 0.6 is 0 Å². The summed E-state index contributed by atoms with van der Waals surface area (Å²) in [6, 6.07) is 0. The number of rotatable bonds is 7. The summed E-state index contributed by atoms with van der Waals surface area (Å²) >= 11 is 0. The van der Waals surface area contributed by atoms with Crippen molar-refractivity contribution in [3.8, 4) is 0 Å². The van der Waals surface area contributed by atoms with Gasteiger partial charge >= 0.3 is 0 Å². The van der Waals surface area contributed by atoms with E-state index < -0.39 is 18.6 Å². The Morgan fingerprint density at radius 2 is 1.64 bits per heavy atom. The van der Waals surface area contributed by atoms with Gasteiger partial charge in [-0.1, -0.05) is 0 Å². The molecule has 0 aliphatic heterocycles. The van der Waals surface area contributed by atoms with E-state index in [1.54, 1.807) is 0 Å². The van der Waals surface area contributed by atoms with Crippen molar-refractivity contribution in [3.63, 3.8) is 0 Å². The Kier molecular flexibility index (Phi) is 6.39. The molecule has 14 heavy (non-hydrogen) atoms. The van der Waals surface area contributed by atoms with Gasteiger partial charge in [-0.05, 0) is 6.42 Å². The first-order valence-corrected chi connectivity index (χ1v) is 4.32. The maximum atomic E-state index is 9.02. The molecule has 0 saturated heterocycles. The van der Waals surface area contributed by atoms with Gasteiger partial charge in [0.1, 0.15) is 6.61 Å². The predicted octanol–water partition coefficient (Wildman–Crippen LogP) is -1.67. The Morgan fingerprint density at radius 3 is 2.00 bits per heavy atom. The van der Waals surface area contributed by atoms with Crippen molar-refractivity contribution in [1.29, 1.82) is 5.41 Å². The van der Waals surface area contributed by atoms with E-state index >= 15 is 0 Å². The van der Waals surface area contributed by atoms with Crippen molar-refractivity contribution in [3.05, 3.63) is 0 Å². The van der Waals surface area contributed by atoms with Gasteiger partial charge < -0.3 is 25.2 Å². The first-order chi connectivity index (χ1) is 6.66. The smallest absolute Gasteiger partial charge is 0.191 e. The monoisotopic (exact) mass is 207 g/mol. The highest BCUT2D eigenvalue weighted by atomic mass is 16.5. The van der Waals surface area contributed by atoms with Gasteiger partial charge in [0.05, 0.1) is 25.2 Å². The third-order valence-corrected chi connectivity index (χ3v) is 2.02. The zero-order valence-corrected chi connectivity index (χ0v) is 7.94. The van der Waals surface area contributed by atoms with E-state index in [-0.39, 0.29) is 32.1 Å². The van der Waals surface area contributed by atoms with Crippen LogP contribution in [0.4, 0.5) is 0 Å². The molecule has 0 aromatic carbocycles. The fraction of sp³-hybridized carbons (Fsp3) is 0.875. The first-order valence-electron chi connectivity index (χ1n) is 4.32. The van der Waals surface area contributed by atoms with Gasteiger partial charge in [-0.15, -0.1) is 0 Å². The molecule has 0 bridgehead atoms. The highest BCUT2D eigenvalue weighted by Crippen LogP contribution is 2.22. The summed E-state index contributed by atoms with van der Waals surface area (Å²) in [4.78, 5) is 0. The van der Waals surface area contributed by atoms with Crippen LogP contribution in [-0.4, -0.2) is 59.4 Å². The van der Waals surface area contributed by atoms with E-state index in [4.69, 9.17) is 30.6 Å². The van der Waals surface area contributed by atoms with E-state index in [0.717, 1.165) is 0 Å². The molecule has 0 aliphatic carbocycles. The molecule has 0 fully saturated rings. The van der Waals surface area contributed by atoms with Gasteiger partial charge in [0.25, 0.3) is 0 Å². The average Bonchev–Trinajstić information content (AvgIpc) is 2.22. The van der Waals surface area contributed by atoms with Crippen LogP contribution in [0.5, 0.6) is 0 Å². The highest BCUT2D eigenvalue weighted by molar-refractivity contribution is 5.80. The summed E-state index contributed by atoms with van der Waals surface area (Å²) in [5.74, 6) is -0.314. The van der Waals surface area contributed by atoms with Gasteiger partial charge in [0.2, 0.25) is 0 Å². The highest BCUT2D eigenvalue weighted by Gasteiger charge is 2.35. The van der Waals surface area contributed by atoms with E-state index in [1.165, 1.54) is 0 Å². The number of ether oxygens (including phenoxy) is 1. The molecule has 0 unspecified atom stereocenters. The molecule has 84 valence electrons. The summed E-state index contributed by atoms with van der Waals surface area (Å²) in [5, 5.41) is 42.7. The number of aliphatic hydroxyl groups excluding tert-OH is 4. The molecule has 6 nitrogen and oxygen atoms in total. The van der Waals surface area contributed by atoms with Crippen LogP contribution in [0.3, 0.4) is 0 Å². The molecule has 6 heteroatoms. The minimum Gasteiger partial charge on any atom is -0.478 e. The Bertz CT molecular complexity index is 169. The summed E-state index contributed by atoms with van der Waals surface area (Å²) in [6.45, 7) is -1.52. The average molecular weight is 207 g/mol. The van der Waals surface area contributed by atoms with Crippen LogP contribution in [0.15, 0.2) is 0 Å².